The van der Waals surface area contributed by atoms with E-state index in [0.29, 0.717) is 29.6 Å². The van der Waals surface area contributed by atoms with Crippen LogP contribution in [0.3, 0.4) is 0 Å². The van der Waals surface area contributed by atoms with Crippen LogP contribution in [0, 0.1) is 5.92 Å². The van der Waals surface area contributed by atoms with E-state index in [2.05, 4.69) is 19.2 Å². The molecule has 1 N–H and O–H groups in total. The van der Waals surface area contributed by atoms with Gasteiger partial charge in [0.25, 0.3) is 0 Å². The molecule has 2 rings (SSSR count). The average molecular weight is 296 g/mol. The fourth-order valence-electron chi connectivity index (χ4n) is 2.46. The van der Waals surface area contributed by atoms with Crippen LogP contribution in [0.4, 0.5) is 5.69 Å². The smallest absolute Gasteiger partial charge is 0.245 e. The van der Waals surface area contributed by atoms with Crippen LogP contribution in [0.2, 0.25) is 0 Å². The van der Waals surface area contributed by atoms with Gasteiger partial charge in [-0.2, -0.15) is 4.31 Å². The van der Waals surface area contributed by atoms with Gasteiger partial charge >= 0.3 is 0 Å². The highest BCUT2D eigenvalue weighted by Gasteiger charge is 2.29. The van der Waals surface area contributed by atoms with Crippen LogP contribution < -0.4 is 5.32 Å². The molecule has 0 spiro atoms. The van der Waals surface area contributed by atoms with Gasteiger partial charge in [0.2, 0.25) is 10.0 Å². The first kappa shape index (κ1) is 15.3. The molecule has 1 aromatic carbocycles. The van der Waals surface area contributed by atoms with Gasteiger partial charge in [-0.3, -0.25) is 0 Å². The van der Waals surface area contributed by atoms with Gasteiger partial charge < -0.3 is 5.32 Å². The highest BCUT2D eigenvalue weighted by atomic mass is 32.2. The molecule has 0 radical (unpaired) electrons. The summed E-state index contributed by atoms with van der Waals surface area (Å²) in [6.45, 7) is 6.29. The lowest BCUT2D eigenvalue weighted by molar-refractivity contribution is 0.288. The number of para-hydroxylation sites is 1. The Labute approximate surface area is 122 Å². The molecule has 112 valence electrons. The average Bonchev–Trinajstić information content (AvgIpc) is 2.46. The molecule has 1 aromatic rings. The summed E-state index contributed by atoms with van der Waals surface area (Å²) in [5.41, 5.74) is 0.716. The van der Waals surface area contributed by atoms with Crippen LogP contribution in [0.15, 0.2) is 29.2 Å². The SMILES string of the molecule is CCCNc1ccccc1S(=O)(=O)N1CCC(C)CC1. The summed E-state index contributed by atoms with van der Waals surface area (Å²) < 4.78 is 27.2. The van der Waals surface area contributed by atoms with Gasteiger partial charge in [0.15, 0.2) is 0 Å². The molecular formula is C15H24N2O2S. The fourth-order valence-corrected chi connectivity index (χ4v) is 4.10. The Morgan fingerprint density at radius 3 is 2.55 bits per heavy atom. The van der Waals surface area contributed by atoms with Crippen molar-refractivity contribution in [1.29, 1.82) is 0 Å². The molecule has 0 aliphatic carbocycles. The van der Waals surface area contributed by atoms with Crippen LogP contribution in [-0.4, -0.2) is 32.4 Å². The molecule has 0 bridgehead atoms. The Morgan fingerprint density at radius 1 is 1.25 bits per heavy atom. The van der Waals surface area contributed by atoms with E-state index in [9.17, 15) is 8.42 Å². The zero-order chi connectivity index (χ0) is 14.6. The minimum atomic E-state index is -3.38. The quantitative estimate of drug-likeness (QED) is 0.909. The zero-order valence-corrected chi connectivity index (χ0v) is 13.1. The first-order chi connectivity index (χ1) is 9.55. The lowest BCUT2D eigenvalue weighted by atomic mass is 10.0. The van der Waals surface area contributed by atoms with Crippen molar-refractivity contribution in [3.63, 3.8) is 0 Å². The number of nitrogens with zero attached hydrogens (tertiary/aromatic N) is 1. The van der Waals surface area contributed by atoms with Crippen LogP contribution >= 0.6 is 0 Å². The highest BCUT2D eigenvalue weighted by molar-refractivity contribution is 7.89. The van der Waals surface area contributed by atoms with Crippen molar-refractivity contribution in [2.45, 2.75) is 38.0 Å². The van der Waals surface area contributed by atoms with Crippen LogP contribution in [0.5, 0.6) is 0 Å². The lowest BCUT2D eigenvalue weighted by Crippen LogP contribution is -2.38. The summed E-state index contributed by atoms with van der Waals surface area (Å²) in [5, 5.41) is 3.21. The molecule has 1 fully saturated rings. The van der Waals surface area contributed by atoms with Crippen molar-refractivity contribution in [2.24, 2.45) is 5.92 Å². The van der Waals surface area contributed by atoms with Crippen molar-refractivity contribution in [1.82, 2.24) is 4.31 Å². The normalized spacial score (nSPS) is 18.1. The number of piperidine rings is 1. The van der Waals surface area contributed by atoms with E-state index < -0.39 is 10.0 Å². The second kappa shape index (κ2) is 6.59. The van der Waals surface area contributed by atoms with E-state index in [1.54, 1.807) is 16.4 Å². The van der Waals surface area contributed by atoms with Crippen molar-refractivity contribution in [3.05, 3.63) is 24.3 Å². The fraction of sp³-hybridized carbons (Fsp3) is 0.600. The standard InChI is InChI=1S/C15H24N2O2S/c1-3-10-16-14-6-4-5-7-15(14)20(18,19)17-11-8-13(2)9-12-17/h4-7,13,16H,3,8-12H2,1-2H3. The van der Waals surface area contributed by atoms with E-state index in [0.717, 1.165) is 25.8 Å². The monoisotopic (exact) mass is 296 g/mol. The summed E-state index contributed by atoms with van der Waals surface area (Å²) in [7, 11) is -3.38. The first-order valence-electron chi connectivity index (χ1n) is 7.38. The van der Waals surface area contributed by atoms with Crippen molar-refractivity contribution < 1.29 is 8.42 Å². The Balaban J connectivity index is 2.25. The summed E-state index contributed by atoms with van der Waals surface area (Å²) in [5.74, 6) is 0.620. The number of nitrogens with one attached hydrogen (secondary N) is 1. The van der Waals surface area contributed by atoms with Crippen LogP contribution in [0.1, 0.15) is 33.1 Å². The molecule has 20 heavy (non-hydrogen) atoms. The number of sulfonamides is 1. The van der Waals surface area contributed by atoms with Gasteiger partial charge in [-0.15, -0.1) is 0 Å². The van der Waals surface area contributed by atoms with Gasteiger partial charge in [0, 0.05) is 19.6 Å². The Kier molecular flexibility index (Phi) is 5.05. The maximum absolute atomic E-state index is 12.8. The summed E-state index contributed by atoms with van der Waals surface area (Å²) in [6.07, 6.45) is 2.86. The molecule has 4 nitrogen and oxygen atoms in total. The molecule has 0 saturated carbocycles. The molecule has 1 saturated heterocycles. The Bertz CT molecular complexity index is 535. The predicted octanol–water partition coefficient (Wildman–Crippen LogP) is 2.93. The Morgan fingerprint density at radius 2 is 1.90 bits per heavy atom. The highest BCUT2D eigenvalue weighted by Crippen LogP contribution is 2.28. The van der Waals surface area contributed by atoms with Crippen molar-refractivity contribution in [3.8, 4) is 0 Å². The second-order valence-electron chi connectivity index (χ2n) is 5.51. The predicted molar refractivity (Wildman–Crippen MR) is 82.4 cm³/mol. The van der Waals surface area contributed by atoms with Gasteiger partial charge in [0.1, 0.15) is 4.90 Å². The van der Waals surface area contributed by atoms with Gasteiger partial charge in [-0.05, 0) is 37.3 Å². The summed E-state index contributed by atoms with van der Waals surface area (Å²) in [4.78, 5) is 0.406. The van der Waals surface area contributed by atoms with E-state index in [1.165, 1.54) is 0 Å². The topological polar surface area (TPSA) is 49.4 Å². The largest absolute Gasteiger partial charge is 0.384 e. The van der Waals surface area contributed by atoms with E-state index in [4.69, 9.17) is 0 Å². The molecule has 1 aliphatic heterocycles. The third-order valence-electron chi connectivity index (χ3n) is 3.81. The van der Waals surface area contributed by atoms with E-state index in [-0.39, 0.29) is 0 Å². The minimum Gasteiger partial charge on any atom is -0.384 e. The van der Waals surface area contributed by atoms with Gasteiger partial charge in [-0.25, -0.2) is 8.42 Å². The maximum atomic E-state index is 12.8. The summed E-state index contributed by atoms with van der Waals surface area (Å²) in [6, 6.07) is 7.20. The molecule has 0 amide bonds. The third kappa shape index (κ3) is 3.33. The van der Waals surface area contributed by atoms with Crippen molar-refractivity contribution >= 4 is 15.7 Å². The molecule has 0 atom stereocenters. The molecule has 5 heteroatoms. The first-order valence-corrected chi connectivity index (χ1v) is 8.82. The van der Waals surface area contributed by atoms with Crippen LogP contribution in [-0.2, 0) is 10.0 Å². The molecule has 1 aliphatic rings. The second-order valence-corrected chi connectivity index (χ2v) is 7.42. The maximum Gasteiger partial charge on any atom is 0.245 e. The molecular weight excluding hydrogens is 272 g/mol. The lowest BCUT2D eigenvalue weighted by Gasteiger charge is -2.30. The number of benzene rings is 1. The van der Waals surface area contributed by atoms with Gasteiger partial charge in [-0.1, -0.05) is 26.0 Å². The Hall–Kier alpha value is -1.07. The third-order valence-corrected chi connectivity index (χ3v) is 5.77. The van der Waals surface area contributed by atoms with E-state index in [1.807, 2.05) is 12.1 Å². The number of rotatable bonds is 5. The minimum absolute atomic E-state index is 0.406. The molecule has 0 aromatic heterocycles. The summed E-state index contributed by atoms with van der Waals surface area (Å²) >= 11 is 0. The number of anilines is 1. The van der Waals surface area contributed by atoms with E-state index >= 15 is 0 Å². The van der Waals surface area contributed by atoms with Crippen LogP contribution in [0.25, 0.3) is 0 Å². The zero-order valence-electron chi connectivity index (χ0n) is 12.3. The number of hydrogen-bond acceptors (Lipinski definition) is 3. The van der Waals surface area contributed by atoms with Crippen molar-refractivity contribution in [2.75, 3.05) is 25.0 Å². The van der Waals surface area contributed by atoms with Gasteiger partial charge in [0.05, 0.1) is 5.69 Å². The molecule has 0 unspecified atom stereocenters. The molecule has 1 heterocycles. The number of hydrogen-bond donors (Lipinski definition) is 1.